The first-order valence-corrected chi connectivity index (χ1v) is 12.5. The average molecular weight is 492 g/mol. The molecule has 1 aromatic heterocycles. The van der Waals surface area contributed by atoms with Gasteiger partial charge in [0.2, 0.25) is 0 Å². The number of aromatic nitrogens is 2. The minimum absolute atomic E-state index is 0.177. The first kappa shape index (κ1) is 25.6. The lowest BCUT2D eigenvalue weighted by Gasteiger charge is -2.22. The highest BCUT2D eigenvalue weighted by molar-refractivity contribution is 6.35. The van der Waals surface area contributed by atoms with Crippen molar-refractivity contribution in [1.82, 2.24) is 20.4 Å². The summed E-state index contributed by atoms with van der Waals surface area (Å²) in [6, 6.07) is 5.69. The number of amides is 1. The van der Waals surface area contributed by atoms with Crippen LogP contribution in [0.3, 0.4) is 0 Å². The summed E-state index contributed by atoms with van der Waals surface area (Å²) < 4.78 is 1.79. The second-order valence-corrected chi connectivity index (χ2v) is 9.53. The van der Waals surface area contributed by atoms with Gasteiger partial charge >= 0.3 is 0 Å². The number of carbonyl (C=O) groups is 1. The highest BCUT2D eigenvalue weighted by atomic mass is 35.5. The smallest absolute Gasteiger partial charge is 0.272 e. The lowest BCUT2D eigenvalue weighted by molar-refractivity contribution is 0.0947. The van der Waals surface area contributed by atoms with Crippen LogP contribution in [0.2, 0.25) is 10.0 Å². The number of benzene rings is 1. The van der Waals surface area contributed by atoms with Gasteiger partial charge in [0, 0.05) is 42.8 Å². The van der Waals surface area contributed by atoms with Crippen molar-refractivity contribution in [3.63, 3.8) is 0 Å². The van der Waals surface area contributed by atoms with Crippen molar-refractivity contribution in [1.29, 1.82) is 0 Å². The second kappa shape index (κ2) is 11.9. The molecule has 0 aliphatic carbocycles. The number of allylic oxidation sites excluding steroid dienone is 1. The van der Waals surface area contributed by atoms with Crippen LogP contribution >= 0.6 is 23.2 Å². The van der Waals surface area contributed by atoms with Gasteiger partial charge in [-0.05, 0) is 57.2 Å². The maximum absolute atomic E-state index is 13.1. The van der Waals surface area contributed by atoms with Crippen LogP contribution in [0.15, 0.2) is 30.9 Å². The molecule has 1 aromatic carbocycles. The molecular weight excluding hydrogens is 457 g/mol. The van der Waals surface area contributed by atoms with Gasteiger partial charge < -0.3 is 15.5 Å². The van der Waals surface area contributed by atoms with Crippen LogP contribution in [0.1, 0.15) is 55.6 Å². The van der Waals surface area contributed by atoms with E-state index in [-0.39, 0.29) is 5.91 Å². The zero-order valence-corrected chi connectivity index (χ0v) is 21.3. The van der Waals surface area contributed by atoms with Crippen LogP contribution in [-0.4, -0.2) is 47.9 Å². The van der Waals surface area contributed by atoms with Crippen LogP contribution in [0.25, 0.3) is 5.69 Å². The summed E-state index contributed by atoms with van der Waals surface area (Å²) in [4.78, 5) is 15.3. The lowest BCUT2D eigenvalue weighted by atomic mass is 9.95. The molecule has 2 atom stereocenters. The number of carbonyl (C=O) groups excluding carboxylic acids is 1. The Hall–Kier alpha value is -2.02. The van der Waals surface area contributed by atoms with E-state index >= 15 is 0 Å². The zero-order valence-electron chi connectivity index (χ0n) is 19.8. The summed E-state index contributed by atoms with van der Waals surface area (Å²) in [6.45, 7) is 13.3. The van der Waals surface area contributed by atoms with E-state index in [9.17, 15) is 4.79 Å². The third-order valence-corrected chi connectivity index (χ3v) is 6.97. The van der Waals surface area contributed by atoms with Gasteiger partial charge in [-0.1, -0.05) is 42.6 Å². The first-order valence-electron chi connectivity index (χ1n) is 11.8. The van der Waals surface area contributed by atoms with Crippen molar-refractivity contribution in [2.24, 2.45) is 5.92 Å². The molecule has 1 aliphatic heterocycles. The lowest BCUT2D eigenvalue weighted by Crippen LogP contribution is -2.39. The van der Waals surface area contributed by atoms with Crippen LogP contribution in [0.5, 0.6) is 0 Å². The van der Waals surface area contributed by atoms with Gasteiger partial charge in [0.25, 0.3) is 5.91 Å². The number of hydrogen-bond donors (Lipinski definition) is 2. The van der Waals surface area contributed by atoms with Gasteiger partial charge in [-0.2, -0.15) is 5.10 Å². The van der Waals surface area contributed by atoms with Crippen molar-refractivity contribution in [3.8, 4) is 5.69 Å². The number of nitrogens with one attached hydrogen (secondary N) is 2. The Morgan fingerprint density at radius 3 is 2.64 bits per heavy atom. The number of nitrogens with zero attached hydrogens (tertiary/aromatic N) is 3. The molecule has 33 heavy (non-hydrogen) atoms. The number of anilines is 1. The molecule has 2 unspecified atom stereocenters. The van der Waals surface area contributed by atoms with Crippen molar-refractivity contribution in [3.05, 3.63) is 52.2 Å². The summed E-state index contributed by atoms with van der Waals surface area (Å²) in [6.07, 6.45) is 6.29. The third kappa shape index (κ3) is 6.11. The van der Waals surface area contributed by atoms with Crippen LogP contribution in [0.4, 0.5) is 5.82 Å². The van der Waals surface area contributed by atoms with Crippen LogP contribution in [0, 0.1) is 12.8 Å². The molecule has 0 spiro atoms. The number of hydrogen-bond acceptors (Lipinski definition) is 4. The fraction of sp³-hybridized carbons (Fsp3) is 0.520. The monoisotopic (exact) mass is 491 g/mol. The molecule has 0 radical (unpaired) electrons. The van der Waals surface area contributed by atoms with Crippen molar-refractivity contribution in [2.75, 3.05) is 31.1 Å². The summed E-state index contributed by atoms with van der Waals surface area (Å²) in [5.41, 5.74) is 2.00. The molecular formula is C25H35Cl2N5O. The molecule has 2 N–H and O–H groups in total. The van der Waals surface area contributed by atoms with E-state index in [0.29, 0.717) is 46.5 Å². The van der Waals surface area contributed by atoms with Crippen LogP contribution < -0.4 is 15.5 Å². The number of halogens is 2. The Labute approximate surface area is 207 Å². The molecule has 6 nitrogen and oxygen atoms in total. The Morgan fingerprint density at radius 1 is 1.27 bits per heavy atom. The quantitative estimate of drug-likeness (QED) is 0.326. The summed E-state index contributed by atoms with van der Waals surface area (Å²) >= 11 is 12.6. The Balaban J connectivity index is 1.74. The molecule has 1 aliphatic rings. The molecule has 1 amide bonds. The molecule has 1 fully saturated rings. The van der Waals surface area contributed by atoms with Gasteiger partial charge in [-0.25, -0.2) is 4.68 Å². The fourth-order valence-corrected chi connectivity index (χ4v) is 4.98. The minimum atomic E-state index is -0.177. The third-order valence-electron chi connectivity index (χ3n) is 6.43. The Kier molecular flexibility index (Phi) is 9.24. The van der Waals surface area contributed by atoms with Crippen molar-refractivity contribution >= 4 is 34.9 Å². The highest BCUT2D eigenvalue weighted by Crippen LogP contribution is 2.33. The molecule has 3 rings (SSSR count). The van der Waals surface area contributed by atoms with Crippen LogP contribution in [-0.2, 0) is 0 Å². The molecule has 1 saturated heterocycles. The topological polar surface area (TPSA) is 62.2 Å². The number of rotatable bonds is 11. The Morgan fingerprint density at radius 2 is 2.00 bits per heavy atom. The van der Waals surface area contributed by atoms with Gasteiger partial charge in [0.15, 0.2) is 5.69 Å². The van der Waals surface area contributed by atoms with Gasteiger partial charge in [-0.15, -0.1) is 6.58 Å². The van der Waals surface area contributed by atoms with Gasteiger partial charge in [0.1, 0.15) is 5.82 Å². The van der Waals surface area contributed by atoms with E-state index in [2.05, 4.69) is 36.0 Å². The van der Waals surface area contributed by atoms with E-state index < -0.39 is 0 Å². The highest BCUT2D eigenvalue weighted by Gasteiger charge is 2.27. The maximum atomic E-state index is 13.1. The maximum Gasteiger partial charge on any atom is 0.272 e. The molecule has 2 heterocycles. The summed E-state index contributed by atoms with van der Waals surface area (Å²) in [7, 11) is 0. The normalized spacial score (nSPS) is 15.5. The molecule has 180 valence electrons. The van der Waals surface area contributed by atoms with Gasteiger partial charge in [0.05, 0.1) is 10.7 Å². The molecule has 8 heteroatoms. The molecule has 0 saturated carbocycles. The average Bonchev–Trinajstić information content (AvgIpc) is 3.42. The predicted molar refractivity (Wildman–Crippen MR) is 138 cm³/mol. The van der Waals surface area contributed by atoms with E-state index in [0.717, 1.165) is 50.2 Å². The fourth-order valence-electron chi connectivity index (χ4n) is 4.49. The minimum Gasteiger partial charge on any atom is -0.356 e. The Bertz CT molecular complexity index is 968. The first-order chi connectivity index (χ1) is 15.9. The zero-order chi connectivity index (χ0) is 24.0. The molecule has 0 bridgehead atoms. The molecule has 2 aromatic rings. The predicted octanol–water partition coefficient (Wildman–Crippen LogP) is 5.40. The van der Waals surface area contributed by atoms with E-state index in [1.54, 1.807) is 16.8 Å². The SMILES string of the molecule is C=CCC(CC)C(C)NCCNC(=O)c1nn(-c2ccc(Cl)cc2Cl)c(N2CCCC2)c1C. The van der Waals surface area contributed by atoms with Crippen molar-refractivity contribution in [2.45, 2.75) is 52.5 Å². The summed E-state index contributed by atoms with van der Waals surface area (Å²) in [5, 5.41) is 12.3. The van der Waals surface area contributed by atoms with E-state index in [1.807, 2.05) is 19.1 Å². The van der Waals surface area contributed by atoms with Crippen molar-refractivity contribution < 1.29 is 4.79 Å². The van der Waals surface area contributed by atoms with Gasteiger partial charge in [-0.3, -0.25) is 4.79 Å². The van der Waals surface area contributed by atoms with E-state index in [4.69, 9.17) is 28.3 Å². The second-order valence-electron chi connectivity index (χ2n) is 8.69. The van der Waals surface area contributed by atoms with E-state index in [1.165, 1.54) is 0 Å². The summed E-state index contributed by atoms with van der Waals surface area (Å²) in [5.74, 6) is 1.29. The largest absolute Gasteiger partial charge is 0.356 e. The standard InChI is InChI=1S/C25H35Cl2N5O/c1-5-9-19(6-2)18(4)28-12-13-29-24(33)23-17(3)25(31-14-7-8-15-31)32(30-23)22-11-10-20(26)16-21(22)27/h5,10-11,16,18-19,28H,1,6-9,12-15H2,2-4H3,(H,29,33).